The fourth-order valence-electron chi connectivity index (χ4n) is 4.67. The van der Waals surface area contributed by atoms with Crippen LogP contribution in [0.25, 0.3) is 0 Å². The van der Waals surface area contributed by atoms with Gasteiger partial charge < -0.3 is 20.2 Å². The van der Waals surface area contributed by atoms with E-state index in [-0.39, 0.29) is 10.5 Å². The molecule has 34 heavy (non-hydrogen) atoms. The first-order valence-corrected chi connectivity index (χ1v) is 12.6. The lowest BCUT2D eigenvalue weighted by Crippen LogP contribution is -2.43. The summed E-state index contributed by atoms with van der Waals surface area (Å²) in [5.41, 5.74) is 1.53. The van der Waals surface area contributed by atoms with Gasteiger partial charge in [-0.2, -0.15) is 0 Å². The minimum absolute atomic E-state index is 0.0833. The van der Waals surface area contributed by atoms with Crippen molar-refractivity contribution >= 4 is 27.3 Å². The number of nitrogens with one attached hydrogen (secondary N) is 1. The standard InChI is InChI=1S/C25H26N4O4S/c26-34(32,33)21-11-7-19(8-12-21)25(31)22-3-1-2-4-23(22)29(24(25)30)17-18-5-9-20(10-6-18)28-15-13-27-14-16-28/h1-12,27,31H,13-17H2,(H2,26,32,33). The number of carbonyl (C=O) groups excluding carboxylic acids is 1. The quantitative estimate of drug-likeness (QED) is 0.512. The molecule has 4 N–H and O–H groups in total. The molecule has 3 aromatic carbocycles. The molecule has 1 amide bonds. The summed E-state index contributed by atoms with van der Waals surface area (Å²) in [4.78, 5) is 17.4. The van der Waals surface area contributed by atoms with Crippen LogP contribution in [0.2, 0.25) is 0 Å². The van der Waals surface area contributed by atoms with Crippen molar-refractivity contribution in [1.29, 1.82) is 0 Å². The van der Waals surface area contributed by atoms with E-state index in [1.165, 1.54) is 24.3 Å². The highest BCUT2D eigenvalue weighted by Gasteiger charge is 2.50. The molecule has 8 nitrogen and oxygen atoms in total. The number of anilines is 2. The molecule has 1 saturated heterocycles. The van der Waals surface area contributed by atoms with Gasteiger partial charge in [0.05, 0.1) is 17.1 Å². The van der Waals surface area contributed by atoms with Gasteiger partial charge in [0.1, 0.15) is 0 Å². The maximum atomic E-state index is 13.6. The van der Waals surface area contributed by atoms with E-state index in [1.54, 1.807) is 23.1 Å². The van der Waals surface area contributed by atoms with E-state index < -0.39 is 21.5 Å². The van der Waals surface area contributed by atoms with Crippen LogP contribution in [0.1, 0.15) is 16.7 Å². The Hall–Kier alpha value is -3.24. The Morgan fingerprint density at radius 2 is 1.59 bits per heavy atom. The summed E-state index contributed by atoms with van der Waals surface area (Å²) in [5, 5.41) is 20.2. The Kier molecular flexibility index (Phi) is 5.65. The Labute approximate surface area is 198 Å². The Balaban J connectivity index is 1.45. The number of nitrogens with zero attached hydrogens (tertiary/aromatic N) is 2. The van der Waals surface area contributed by atoms with E-state index in [0.29, 0.717) is 17.8 Å². The van der Waals surface area contributed by atoms with Gasteiger partial charge in [0.25, 0.3) is 5.91 Å². The molecule has 2 heterocycles. The molecule has 1 unspecified atom stereocenters. The Morgan fingerprint density at radius 3 is 2.24 bits per heavy atom. The zero-order valence-corrected chi connectivity index (χ0v) is 19.3. The molecular weight excluding hydrogens is 452 g/mol. The highest BCUT2D eigenvalue weighted by molar-refractivity contribution is 7.89. The number of aliphatic hydroxyl groups is 1. The molecule has 0 spiro atoms. The van der Waals surface area contributed by atoms with Gasteiger partial charge in [0, 0.05) is 37.4 Å². The van der Waals surface area contributed by atoms with Gasteiger partial charge in [-0.05, 0) is 41.5 Å². The number of rotatable bonds is 5. The third kappa shape index (κ3) is 3.86. The van der Waals surface area contributed by atoms with Gasteiger partial charge in [-0.25, -0.2) is 13.6 Å². The van der Waals surface area contributed by atoms with Crippen molar-refractivity contribution in [3.63, 3.8) is 0 Å². The molecule has 0 bridgehead atoms. The predicted octanol–water partition coefficient (Wildman–Crippen LogP) is 1.53. The van der Waals surface area contributed by atoms with Gasteiger partial charge in [0.15, 0.2) is 5.60 Å². The van der Waals surface area contributed by atoms with Crippen molar-refractivity contribution in [3.05, 3.63) is 89.5 Å². The van der Waals surface area contributed by atoms with Gasteiger partial charge in [-0.3, -0.25) is 4.79 Å². The van der Waals surface area contributed by atoms with E-state index in [1.807, 2.05) is 18.2 Å². The lowest BCUT2D eigenvalue weighted by Gasteiger charge is -2.29. The van der Waals surface area contributed by atoms with Crippen molar-refractivity contribution in [2.24, 2.45) is 5.14 Å². The molecule has 0 aromatic heterocycles. The number of primary sulfonamides is 1. The second-order valence-electron chi connectivity index (χ2n) is 8.59. The average Bonchev–Trinajstić information content (AvgIpc) is 3.07. The fraction of sp³-hybridized carbons (Fsp3) is 0.240. The lowest BCUT2D eigenvalue weighted by molar-refractivity contribution is -0.132. The second-order valence-corrected chi connectivity index (χ2v) is 10.2. The number of sulfonamides is 1. The van der Waals surface area contributed by atoms with Crippen molar-refractivity contribution in [3.8, 4) is 0 Å². The predicted molar refractivity (Wildman–Crippen MR) is 130 cm³/mol. The fourth-order valence-corrected chi connectivity index (χ4v) is 5.19. The van der Waals surface area contributed by atoms with Crippen LogP contribution in [-0.4, -0.2) is 45.6 Å². The number of benzene rings is 3. The maximum absolute atomic E-state index is 13.6. The first-order valence-electron chi connectivity index (χ1n) is 11.1. The molecule has 9 heteroatoms. The molecule has 3 aromatic rings. The minimum atomic E-state index is -3.88. The molecule has 0 radical (unpaired) electrons. The van der Waals surface area contributed by atoms with E-state index in [0.717, 1.165) is 37.4 Å². The number of hydrogen-bond acceptors (Lipinski definition) is 6. The zero-order valence-electron chi connectivity index (χ0n) is 18.5. The third-order valence-electron chi connectivity index (χ3n) is 6.50. The first-order chi connectivity index (χ1) is 16.3. The van der Waals surface area contributed by atoms with E-state index in [4.69, 9.17) is 5.14 Å². The number of hydrogen-bond donors (Lipinski definition) is 3. The molecule has 0 saturated carbocycles. The van der Waals surface area contributed by atoms with Crippen molar-refractivity contribution < 1.29 is 18.3 Å². The summed E-state index contributed by atoms with van der Waals surface area (Å²) >= 11 is 0. The van der Waals surface area contributed by atoms with Crippen LogP contribution in [0.3, 0.4) is 0 Å². The van der Waals surface area contributed by atoms with Crippen LogP contribution in [0.5, 0.6) is 0 Å². The maximum Gasteiger partial charge on any atom is 0.268 e. The van der Waals surface area contributed by atoms with Crippen LogP contribution in [0.15, 0.2) is 77.7 Å². The SMILES string of the molecule is NS(=O)(=O)c1ccc(C2(O)C(=O)N(Cc3ccc(N4CCNCC4)cc3)c3ccccc32)cc1. The zero-order chi connectivity index (χ0) is 23.9. The smallest absolute Gasteiger partial charge is 0.268 e. The highest BCUT2D eigenvalue weighted by atomic mass is 32.2. The topological polar surface area (TPSA) is 116 Å². The van der Waals surface area contributed by atoms with Gasteiger partial charge in [0.2, 0.25) is 10.0 Å². The normalized spacial score (nSPS) is 20.5. The number of fused-ring (bicyclic) bond motifs is 1. The van der Waals surface area contributed by atoms with Gasteiger partial charge >= 0.3 is 0 Å². The minimum Gasteiger partial charge on any atom is -0.372 e. The van der Waals surface area contributed by atoms with Crippen LogP contribution < -0.4 is 20.3 Å². The van der Waals surface area contributed by atoms with Gasteiger partial charge in [-0.1, -0.05) is 42.5 Å². The van der Waals surface area contributed by atoms with E-state index >= 15 is 0 Å². The average molecular weight is 479 g/mol. The summed E-state index contributed by atoms with van der Waals surface area (Å²) in [7, 11) is -3.88. The molecule has 176 valence electrons. The monoisotopic (exact) mass is 478 g/mol. The van der Waals surface area contributed by atoms with E-state index in [2.05, 4.69) is 22.3 Å². The number of para-hydroxylation sites is 1. The molecule has 1 fully saturated rings. The number of piperazine rings is 1. The van der Waals surface area contributed by atoms with Gasteiger partial charge in [-0.15, -0.1) is 0 Å². The second kappa shape index (κ2) is 8.52. The Morgan fingerprint density at radius 1 is 0.941 bits per heavy atom. The highest BCUT2D eigenvalue weighted by Crippen LogP contribution is 2.45. The van der Waals surface area contributed by atoms with Crippen molar-refractivity contribution in [1.82, 2.24) is 5.32 Å². The summed E-state index contributed by atoms with van der Waals surface area (Å²) in [6.07, 6.45) is 0. The molecule has 5 rings (SSSR count). The molecule has 0 aliphatic carbocycles. The molecule has 1 atom stereocenters. The third-order valence-corrected chi connectivity index (χ3v) is 7.43. The number of carbonyl (C=O) groups is 1. The van der Waals surface area contributed by atoms with Crippen LogP contribution in [-0.2, 0) is 27.0 Å². The summed E-state index contributed by atoms with van der Waals surface area (Å²) in [6.45, 7) is 4.12. The number of nitrogens with two attached hydrogens (primary N) is 1. The van der Waals surface area contributed by atoms with Crippen LogP contribution in [0.4, 0.5) is 11.4 Å². The Bertz CT molecular complexity index is 1320. The lowest BCUT2D eigenvalue weighted by atomic mass is 9.87. The van der Waals surface area contributed by atoms with Crippen molar-refractivity contribution in [2.45, 2.75) is 17.0 Å². The van der Waals surface area contributed by atoms with E-state index in [9.17, 15) is 18.3 Å². The number of amides is 1. The summed E-state index contributed by atoms with van der Waals surface area (Å²) in [5.74, 6) is -0.483. The summed E-state index contributed by atoms with van der Waals surface area (Å²) in [6, 6.07) is 20.7. The van der Waals surface area contributed by atoms with Crippen LogP contribution in [0, 0.1) is 0 Å². The molecular formula is C25H26N4O4S. The van der Waals surface area contributed by atoms with Crippen LogP contribution >= 0.6 is 0 Å². The summed E-state index contributed by atoms with van der Waals surface area (Å²) < 4.78 is 23.2. The first kappa shape index (κ1) is 22.5. The molecule has 2 aliphatic heterocycles. The molecule has 2 aliphatic rings. The van der Waals surface area contributed by atoms with Crippen molar-refractivity contribution in [2.75, 3.05) is 36.0 Å². The largest absolute Gasteiger partial charge is 0.372 e.